The van der Waals surface area contributed by atoms with Gasteiger partial charge in [-0.25, -0.2) is 0 Å². The molecular formula is C27H29N3O5. The number of carbonyl (C=O) groups is 5. The first-order chi connectivity index (χ1) is 16.8. The molecule has 1 spiro atoms. The van der Waals surface area contributed by atoms with E-state index in [0.717, 1.165) is 18.4 Å². The quantitative estimate of drug-likeness (QED) is 0.529. The molecule has 4 atom stereocenters. The minimum Gasteiger partial charge on any atom is -0.341 e. The highest BCUT2D eigenvalue weighted by Gasteiger charge is 2.80. The molecule has 4 unspecified atom stereocenters. The Morgan fingerprint density at radius 3 is 1.94 bits per heavy atom. The van der Waals surface area contributed by atoms with E-state index in [2.05, 4.69) is 5.32 Å². The van der Waals surface area contributed by atoms with E-state index in [4.69, 9.17) is 0 Å². The average Bonchev–Trinajstić information content (AvgIpc) is 3.30. The molecule has 1 N–H and O–H groups in total. The third kappa shape index (κ3) is 2.50. The Bertz CT molecular complexity index is 1160. The van der Waals surface area contributed by atoms with E-state index in [1.807, 2.05) is 6.08 Å². The zero-order valence-corrected chi connectivity index (χ0v) is 20.0. The number of benzene rings is 1. The maximum absolute atomic E-state index is 13.8. The first-order valence-corrected chi connectivity index (χ1v) is 12.6. The van der Waals surface area contributed by atoms with Crippen LogP contribution in [0.25, 0.3) is 0 Å². The van der Waals surface area contributed by atoms with Crippen LogP contribution in [0.5, 0.6) is 0 Å². The molecule has 0 aromatic heterocycles. The fourth-order valence-corrected chi connectivity index (χ4v) is 8.03. The van der Waals surface area contributed by atoms with Gasteiger partial charge in [0.2, 0.25) is 23.6 Å². The molecule has 2 aliphatic heterocycles. The Morgan fingerprint density at radius 1 is 0.857 bits per heavy atom. The van der Waals surface area contributed by atoms with E-state index in [1.165, 1.54) is 9.80 Å². The van der Waals surface area contributed by atoms with Crippen molar-refractivity contribution in [2.45, 2.75) is 45.1 Å². The van der Waals surface area contributed by atoms with Gasteiger partial charge in [-0.2, -0.15) is 0 Å². The van der Waals surface area contributed by atoms with Crippen molar-refractivity contribution >= 4 is 29.5 Å². The summed E-state index contributed by atoms with van der Waals surface area (Å²) >= 11 is 0. The summed E-state index contributed by atoms with van der Waals surface area (Å²) in [6.45, 7) is 3.95. The smallest absolute Gasteiger partial charge is 0.252 e. The second-order valence-corrected chi connectivity index (χ2v) is 10.4. The van der Waals surface area contributed by atoms with E-state index in [1.54, 1.807) is 44.2 Å². The Labute approximate surface area is 203 Å². The molecule has 4 aliphatic carbocycles. The summed E-state index contributed by atoms with van der Waals surface area (Å²) in [6, 6.07) is 8.64. The van der Waals surface area contributed by atoms with Crippen LogP contribution in [-0.2, 0) is 19.2 Å². The monoisotopic (exact) mass is 475 g/mol. The molecular weight excluding hydrogens is 446 g/mol. The molecule has 1 aromatic carbocycles. The van der Waals surface area contributed by atoms with Gasteiger partial charge < -0.3 is 5.32 Å². The average molecular weight is 476 g/mol. The van der Waals surface area contributed by atoms with E-state index in [9.17, 15) is 24.0 Å². The molecule has 35 heavy (non-hydrogen) atoms. The van der Waals surface area contributed by atoms with Crippen molar-refractivity contribution < 1.29 is 24.0 Å². The van der Waals surface area contributed by atoms with Gasteiger partial charge in [-0.15, -0.1) is 0 Å². The number of carbonyl (C=O) groups excluding carboxylic acids is 5. The first kappa shape index (κ1) is 22.2. The van der Waals surface area contributed by atoms with Crippen LogP contribution < -0.4 is 5.32 Å². The summed E-state index contributed by atoms with van der Waals surface area (Å²) in [5.74, 6) is -4.99. The molecule has 2 saturated heterocycles. The van der Waals surface area contributed by atoms with Crippen molar-refractivity contribution in [3.63, 3.8) is 0 Å². The normalized spacial score (nSPS) is 37.3. The van der Waals surface area contributed by atoms with E-state index >= 15 is 0 Å². The number of hydrogen-bond donors (Lipinski definition) is 1. The van der Waals surface area contributed by atoms with Crippen LogP contribution in [0.1, 0.15) is 49.9 Å². The highest BCUT2D eigenvalue weighted by Crippen LogP contribution is 2.71. The number of amides is 5. The molecule has 8 heteroatoms. The molecule has 2 saturated carbocycles. The van der Waals surface area contributed by atoms with Gasteiger partial charge in [0.25, 0.3) is 5.91 Å². The van der Waals surface area contributed by atoms with E-state index in [0.29, 0.717) is 18.4 Å². The van der Waals surface area contributed by atoms with E-state index in [-0.39, 0.29) is 36.7 Å². The number of likely N-dealkylation sites (tertiary alicyclic amines) is 2. The molecule has 8 nitrogen and oxygen atoms in total. The maximum atomic E-state index is 13.8. The maximum Gasteiger partial charge on any atom is 0.252 e. The molecule has 2 bridgehead atoms. The lowest BCUT2D eigenvalue weighted by molar-refractivity contribution is -0.155. The molecule has 182 valence electrons. The Balaban J connectivity index is 1.62. The fourth-order valence-electron chi connectivity index (χ4n) is 8.03. The van der Waals surface area contributed by atoms with Gasteiger partial charge in [-0.3, -0.25) is 33.8 Å². The van der Waals surface area contributed by atoms with Gasteiger partial charge >= 0.3 is 0 Å². The van der Waals surface area contributed by atoms with Crippen LogP contribution in [0.4, 0.5) is 0 Å². The van der Waals surface area contributed by atoms with Crippen LogP contribution >= 0.6 is 0 Å². The third-order valence-electron chi connectivity index (χ3n) is 9.23. The molecule has 1 aromatic rings. The Kier molecular flexibility index (Phi) is 4.66. The highest BCUT2D eigenvalue weighted by atomic mass is 16.2. The SMILES string of the molecule is CCN1C(=O)C2C(C1=O)C13CCCCC1=CC2(NC(=O)c1ccccc1)C1C(=O)N(CC)C(=O)C13. The van der Waals surface area contributed by atoms with Crippen LogP contribution in [0.3, 0.4) is 0 Å². The van der Waals surface area contributed by atoms with Crippen molar-refractivity contribution in [1.82, 2.24) is 15.1 Å². The zero-order chi connectivity index (χ0) is 24.7. The van der Waals surface area contributed by atoms with Gasteiger partial charge in [0.1, 0.15) is 0 Å². The lowest BCUT2D eigenvalue weighted by atomic mass is 9.39. The van der Waals surface area contributed by atoms with Gasteiger partial charge in [-0.05, 0) is 45.2 Å². The predicted octanol–water partition coefficient (Wildman–Crippen LogP) is 1.91. The standard InChI is InChI=1S/C27H29N3O5/c1-3-29-22(32)17-19(24(29)34)27(28-21(31)15-10-6-5-7-11-15)14-16-12-8-9-13-26(16,17)18-20(27)25(35)30(4-2)23(18)33/h5-7,10-11,14,17-20H,3-4,8-9,12-13H2,1-2H3,(H,28,31). The Hall–Kier alpha value is -3.29. The predicted molar refractivity (Wildman–Crippen MR) is 124 cm³/mol. The number of allylic oxidation sites excluding steroid dienone is 1. The summed E-state index contributed by atoms with van der Waals surface area (Å²) < 4.78 is 0. The number of nitrogens with one attached hydrogen (secondary N) is 1. The van der Waals surface area contributed by atoms with Crippen LogP contribution in [-0.4, -0.2) is 58.0 Å². The molecule has 4 fully saturated rings. The minimum atomic E-state index is -1.43. The van der Waals surface area contributed by atoms with Crippen molar-refractivity contribution in [2.24, 2.45) is 29.1 Å². The second kappa shape index (κ2) is 7.35. The highest BCUT2D eigenvalue weighted by molar-refractivity contribution is 6.13. The lowest BCUT2D eigenvalue weighted by Gasteiger charge is -2.63. The van der Waals surface area contributed by atoms with Crippen molar-refractivity contribution in [2.75, 3.05) is 13.1 Å². The van der Waals surface area contributed by atoms with Gasteiger partial charge in [0.15, 0.2) is 0 Å². The second-order valence-electron chi connectivity index (χ2n) is 10.4. The molecule has 7 rings (SSSR count). The fraction of sp³-hybridized carbons (Fsp3) is 0.519. The largest absolute Gasteiger partial charge is 0.341 e. The number of nitrogens with zero attached hydrogens (tertiary/aromatic N) is 2. The zero-order valence-electron chi connectivity index (χ0n) is 20.0. The van der Waals surface area contributed by atoms with Crippen molar-refractivity contribution in [3.8, 4) is 0 Å². The summed E-state index contributed by atoms with van der Waals surface area (Å²) in [6.07, 6.45) is 4.94. The molecule has 0 radical (unpaired) electrons. The summed E-state index contributed by atoms with van der Waals surface area (Å²) in [7, 11) is 0. The number of imide groups is 2. The first-order valence-electron chi connectivity index (χ1n) is 12.6. The summed E-state index contributed by atoms with van der Waals surface area (Å²) in [4.78, 5) is 71.3. The number of rotatable bonds is 4. The van der Waals surface area contributed by atoms with Crippen molar-refractivity contribution in [1.29, 1.82) is 0 Å². The summed E-state index contributed by atoms with van der Waals surface area (Å²) in [5.41, 5.74) is -0.921. The Morgan fingerprint density at radius 2 is 1.40 bits per heavy atom. The van der Waals surface area contributed by atoms with Crippen LogP contribution in [0.15, 0.2) is 42.0 Å². The molecule has 2 heterocycles. The topological polar surface area (TPSA) is 104 Å². The van der Waals surface area contributed by atoms with Gasteiger partial charge in [0, 0.05) is 24.1 Å². The lowest BCUT2D eigenvalue weighted by Crippen LogP contribution is -2.74. The number of hydrogen-bond acceptors (Lipinski definition) is 5. The van der Waals surface area contributed by atoms with Crippen LogP contribution in [0, 0.1) is 29.1 Å². The molecule has 5 amide bonds. The van der Waals surface area contributed by atoms with Crippen LogP contribution in [0.2, 0.25) is 0 Å². The summed E-state index contributed by atoms with van der Waals surface area (Å²) in [5, 5.41) is 3.09. The van der Waals surface area contributed by atoms with Gasteiger partial charge in [0.05, 0.1) is 29.2 Å². The minimum absolute atomic E-state index is 0.219. The van der Waals surface area contributed by atoms with Gasteiger partial charge in [-0.1, -0.05) is 36.3 Å². The van der Waals surface area contributed by atoms with E-state index < -0.39 is 40.5 Å². The molecule has 6 aliphatic rings. The van der Waals surface area contributed by atoms with Crippen molar-refractivity contribution in [3.05, 3.63) is 47.5 Å². The third-order valence-corrected chi connectivity index (χ3v) is 9.23.